The minimum Gasteiger partial charge on any atom is -0.495 e. The van der Waals surface area contributed by atoms with Crippen LogP contribution in [0.5, 0.6) is 5.75 Å². The number of sulfonamides is 1. The van der Waals surface area contributed by atoms with Crippen LogP contribution in [0, 0.1) is 0 Å². The molecule has 1 amide bonds. The summed E-state index contributed by atoms with van der Waals surface area (Å²) in [7, 11) is -2.46. The molecule has 0 saturated heterocycles. The lowest BCUT2D eigenvalue weighted by atomic mass is 10.2. The molecular weight excluding hydrogens is 396 g/mol. The topological polar surface area (TPSA) is 98.5 Å². The zero-order chi connectivity index (χ0) is 17.7. The van der Waals surface area contributed by atoms with Crippen LogP contribution in [0.25, 0.3) is 6.08 Å². The van der Waals surface area contributed by atoms with Crippen molar-refractivity contribution >= 4 is 43.6 Å². The van der Waals surface area contributed by atoms with E-state index < -0.39 is 15.9 Å². The predicted molar refractivity (Wildman–Crippen MR) is 96.2 cm³/mol. The summed E-state index contributed by atoms with van der Waals surface area (Å²) in [5.41, 5.74) is 1.05. The van der Waals surface area contributed by atoms with Crippen LogP contribution in [0.3, 0.4) is 0 Å². The average Bonchev–Trinajstić information content (AvgIpc) is 2.53. The first-order valence-electron chi connectivity index (χ1n) is 6.75. The van der Waals surface area contributed by atoms with Crippen molar-refractivity contribution in [1.82, 2.24) is 0 Å². The smallest absolute Gasteiger partial charge is 0.248 e. The van der Waals surface area contributed by atoms with Crippen molar-refractivity contribution in [3.8, 4) is 5.75 Å². The fraction of sp³-hybridized carbons (Fsp3) is 0.0625. The Bertz CT molecular complexity index is 895. The molecule has 0 spiro atoms. The summed E-state index contributed by atoms with van der Waals surface area (Å²) in [5.74, 6) is -0.110. The Balaban J connectivity index is 2.23. The molecule has 2 rings (SSSR count). The van der Waals surface area contributed by atoms with Gasteiger partial charge in [-0.15, -0.1) is 0 Å². The fourth-order valence-electron chi connectivity index (χ4n) is 1.91. The average molecular weight is 411 g/mol. The summed E-state index contributed by atoms with van der Waals surface area (Å²) < 4.78 is 28.8. The van der Waals surface area contributed by atoms with E-state index in [1.54, 1.807) is 6.08 Å². The molecule has 0 aromatic heterocycles. The first kappa shape index (κ1) is 18.2. The van der Waals surface area contributed by atoms with Gasteiger partial charge in [0.1, 0.15) is 5.75 Å². The molecule has 0 bridgehead atoms. The second kappa shape index (κ2) is 7.61. The van der Waals surface area contributed by atoms with E-state index in [4.69, 9.17) is 9.88 Å². The Hall–Kier alpha value is -2.16. The van der Waals surface area contributed by atoms with Crippen LogP contribution >= 0.6 is 15.9 Å². The molecule has 0 aliphatic carbocycles. The largest absolute Gasteiger partial charge is 0.495 e. The molecule has 2 aromatic rings. The second-order valence-corrected chi connectivity index (χ2v) is 7.17. The van der Waals surface area contributed by atoms with Gasteiger partial charge in [-0.2, -0.15) is 0 Å². The molecule has 126 valence electrons. The number of carbonyl (C=O) groups excluding carboxylic acids is 1. The van der Waals surface area contributed by atoms with Gasteiger partial charge in [-0.25, -0.2) is 13.6 Å². The highest BCUT2D eigenvalue weighted by molar-refractivity contribution is 9.10. The highest BCUT2D eigenvalue weighted by Crippen LogP contribution is 2.27. The maximum absolute atomic E-state index is 12.1. The molecule has 8 heteroatoms. The lowest BCUT2D eigenvalue weighted by Gasteiger charge is -2.10. The minimum absolute atomic E-state index is 0.117. The van der Waals surface area contributed by atoms with Crippen molar-refractivity contribution in [2.24, 2.45) is 5.14 Å². The van der Waals surface area contributed by atoms with Crippen molar-refractivity contribution in [1.29, 1.82) is 0 Å². The lowest BCUT2D eigenvalue weighted by molar-refractivity contribution is -0.111. The Labute approximate surface area is 148 Å². The van der Waals surface area contributed by atoms with Gasteiger partial charge in [-0.3, -0.25) is 4.79 Å². The Kier molecular flexibility index (Phi) is 5.76. The molecule has 6 nitrogen and oxygen atoms in total. The van der Waals surface area contributed by atoms with Crippen LogP contribution in [0.15, 0.2) is 57.9 Å². The van der Waals surface area contributed by atoms with E-state index in [1.165, 1.54) is 31.4 Å². The number of methoxy groups -OCH3 is 1. The Morgan fingerprint density at radius 3 is 2.58 bits per heavy atom. The first-order valence-corrected chi connectivity index (χ1v) is 9.09. The molecule has 3 N–H and O–H groups in total. The molecule has 24 heavy (non-hydrogen) atoms. The van der Waals surface area contributed by atoms with Gasteiger partial charge in [-0.1, -0.05) is 34.1 Å². The van der Waals surface area contributed by atoms with E-state index in [2.05, 4.69) is 21.2 Å². The zero-order valence-corrected chi connectivity index (χ0v) is 15.1. The van der Waals surface area contributed by atoms with Crippen molar-refractivity contribution in [2.45, 2.75) is 4.90 Å². The highest BCUT2D eigenvalue weighted by atomic mass is 79.9. The molecule has 0 aliphatic heterocycles. The molecule has 0 radical (unpaired) electrons. The molecule has 0 unspecified atom stereocenters. The number of nitrogens with one attached hydrogen (secondary N) is 1. The quantitative estimate of drug-likeness (QED) is 0.740. The van der Waals surface area contributed by atoms with E-state index in [9.17, 15) is 13.2 Å². The van der Waals surface area contributed by atoms with E-state index in [0.717, 1.165) is 10.0 Å². The summed E-state index contributed by atoms with van der Waals surface area (Å²) >= 11 is 3.38. The zero-order valence-electron chi connectivity index (χ0n) is 12.7. The van der Waals surface area contributed by atoms with Gasteiger partial charge in [-0.05, 0) is 35.9 Å². The van der Waals surface area contributed by atoms with Gasteiger partial charge >= 0.3 is 0 Å². The number of primary sulfonamides is 1. The third kappa shape index (κ3) is 4.67. The van der Waals surface area contributed by atoms with E-state index >= 15 is 0 Å². The molecule has 0 heterocycles. The molecule has 0 aliphatic rings. The summed E-state index contributed by atoms with van der Waals surface area (Å²) in [6.45, 7) is 0. The monoisotopic (exact) mass is 410 g/mol. The van der Waals surface area contributed by atoms with Gasteiger partial charge in [0.05, 0.1) is 17.7 Å². The molecule has 0 atom stereocenters. The number of ether oxygens (including phenoxy) is 1. The standard InChI is InChI=1S/C16H15BrN2O4S/c1-23-15-8-7-12(24(18,21)22)10-14(15)19-16(20)9-6-11-4-2-3-5-13(11)17/h2-10H,1H3,(H,19,20)(H2,18,21,22)/b9-6+. The van der Waals surface area contributed by atoms with Gasteiger partial charge in [0.25, 0.3) is 0 Å². The van der Waals surface area contributed by atoms with Crippen LogP contribution in [0.1, 0.15) is 5.56 Å². The third-order valence-corrected chi connectivity index (χ3v) is 4.71. The molecular formula is C16H15BrN2O4S. The summed E-state index contributed by atoms with van der Waals surface area (Å²) in [5, 5.41) is 7.68. The summed E-state index contributed by atoms with van der Waals surface area (Å²) in [6.07, 6.45) is 2.97. The number of benzene rings is 2. The van der Waals surface area contributed by atoms with Gasteiger partial charge in [0, 0.05) is 10.5 Å². The number of hydrogen-bond donors (Lipinski definition) is 2. The van der Waals surface area contributed by atoms with Gasteiger partial charge in [0.2, 0.25) is 15.9 Å². The number of amides is 1. The van der Waals surface area contributed by atoms with Crippen molar-refractivity contribution in [3.63, 3.8) is 0 Å². The summed E-state index contributed by atoms with van der Waals surface area (Å²) in [6, 6.07) is 11.4. The van der Waals surface area contributed by atoms with Crippen LogP contribution in [-0.2, 0) is 14.8 Å². The van der Waals surface area contributed by atoms with Crippen LogP contribution in [0.2, 0.25) is 0 Å². The minimum atomic E-state index is -3.88. The van der Waals surface area contributed by atoms with Crippen LogP contribution < -0.4 is 15.2 Å². The molecule has 0 fully saturated rings. The number of hydrogen-bond acceptors (Lipinski definition) is 4. The lowest BCUT2D eigenvalue weighted by Crippen LogP contribution is -2.14. The number of anilines is 1. The van der Waals surface area contributed by atoms with E-state index in [-0.39, 0.29) is 10.6 Å². The first-order chi connectivity index (χ1) is 11.3. The van der Waals surface area contributed by atoms with Crippen LogP contribution in [0.4, 0.5) is 5.69 Å². The normalized spacial score (nSPS) is 11.5. The van der Waals surface area contributed by atoms with E-state index in [0.29, 0.717) is 5.75 Å². The molecule has 2 aromatic carbocycles. The number of rotatable bonds is 5. The number of halogens is 1. The maximum Gasteiger partial charge on any atom is 0.248 e. The number of carbonyl (C=O) groups is 1. The fourth-order valence-corrected chi connectivity index (χ4v) is 2.87. The third-order valence-electron chi connectivity index (χ3n) is 3.08. The SMILES string of the molecule is COc1ccc(S(N)(=O)=O)cc1NC(=O)/C=C/c1ccccc1Br. The Morgan fingerprint density at radius 2 is 1.96 bits per heavy atom. The maximum atomic E-state index is 12.1. The second-order valence-electron chi connectivity index (χ2n) is 4.75. The Morgan fingerprint density at radius 1 is 1.25 bits per heavy atom. The highest BCUT2D eigenvalue weighted by Gasteiger charge is 2.13. The van der Waals surface area contributed by atoms with E-state index in [1.807, 2.05) is 24.3 Å². The van der Waals surface area contributed by atoms with Crippen molar-refractivity contribution in [2.75, 3.05) is 12.4 Å². The van der Waals surface area contributed by atoms with Crippen LogP contribution in [-0.4, -0.2) is 21.4 Å². The van der Waals surface area contributed by atoms with Gasteiger partial charge < -0.3 is 10.1 Å². The van der Waals surface area contributed by atoms with Crippen molar-refractivity contribution in [3.05, 3.63) is 58.6 Å². The van der Waals surface area contributed by atoms with Gasteiger partial charge in [0.15, 0.2) is 0 Å². The number of nitrogens with two attached hydrogens (primary N) is 1. The van der Waals surface area contributed by atoms with Crippen molar-refractivity contribution < 1.29 is 17.9 Å². The summed E-state index contributed by atoms with van der Waals surface area (Å²) in [4.78, 5) is 12.0. The predicted octanol–water partition coefficient (Wildman–Crippen LogP) is 2.76. The molecule has 0 saturated carbocycles.